The summed E-state index contributed by atoms with van der Waals surface area (Å²) in [6.45, 7) is 2.77. The zero-order valence-electron chi connectivity index (χ0n) is 17.4. The Hall–Kier alpha value is -3.11. The van der Waals surface area contributed by atoms with E-state index in [0.717, 1.165) is 18.8 Å². The first-order valence-electron chi connectivity index (χ1n) is 10.0. The third-order valence-electron chi connectivity index (χ3n) is 5.07. The van der Waals surface area contributed by atoms with Crippen LogP contribution in [0.15, 0.2) is 53.7 Å². The second kappa shape index (κ2) is 10.0. The number of carbonyl (C=O) groups is 2. The molecule has 0 bridgehead atoms. The van der Waals surface area contributed by atoms with E-state index in [1.807, 2.05) is 29.2 Å². The SMILES string of the molecule is Cn1nnnc1SCC(=O)Nc1ccc(C(=O)N2CCN(c3cccc(Cl)c3)CC2)cc1. The summed E-state index contributed by atoms with van der Waals surface area (Å²) in [6.07, 6.45) is 0. The van der Waals surface area contributed by atoms with Crippen molar-refractivity contribution in [3.8, 4) is 0 Å². The second-order valence-corrected chi connectivity index (χ2v) is 8.64. The number of amides is 2. The number of hydrogen-bond acceptors (Lipinski definition) is 7. The first kappa shape index (κ1) is 22.1. The average Bonchev–Trinajstić information content (AvgIpc) is 3.22. The number of nitrogens with one attached hydrogen (secondary N) is 1. The maximum atomic E-state index is 12.9. The number of anilines is 2. The summed E-state index contributed by atoms with van der Waals surface area (Å²) < 4.78 is 1.51. The lowest BCUT2D eigenvalue weighted by Crippen LogP contribution is -2.48. The highest BCUT2D eigenvalue weighted by molar-refractivity contribution is 7.99. The standard InChI is InChI=1S/C21H22ClN7O2S/c1-27-21(24-25-26-27)32-14-19(30)23-17-7-5-15(6-8-17)20(31)29-11-9-28(10-12-29)18-4-2-3-16(22)13-18/h2-8,13H,9-12,14H2,1H3,(H,23,30). The number of halogens is 1. The zero-order valence-corrected chi connectivity index (χ0v) is 19.0. The summed E-state index contributed by atoms with van der Waals surface area (Å²) >= 11 is 7.34. The number of carbonyl (C=O) groups excluding carboxylic acids is 2. The number of piperazine rings is 1. The normalized spacial score (nSPS) is 13.8. The number of tetrazole rings is 1. The molecule has 1 aliphatic heterocycles. The van der Waals surface area contributed by atoms with Crippen LogP contribution in [0.1, 0.15) is 10.4 Å². The molecule has 1 aliphatic rings. The molecule has 1 fully saturated rings. The predicted octanol–water partition coefficient (Wildman–Crippen LogP) is 2.56. The monoisotopic (exact) mass is 471 g/mol. The Kier molecular flexibility index (Phi) is 6.91. The van der Waals surface area contributed by atoms with E-state index < -0.39 is 0 Å². The van der Waals surface area contributed by atoms with Crippen molar-refractivity contribution >= 4 is 46.6 Å². The molecule has 0 radical (unpaired) electrons. The van der Waals surface area contributed by atoms with Crippen LogP contribution in [0.25, 0.3) is 0 Å². The quantitative estimate of drug-likeness (QED) is 0.552. The van der Waals surface area contributed by atoms with Gasteiger partial charge in [-0.2, -0.15) is 0 Å². The van der Waals surface area contributed by atoms with Gasteiger partial charge in [-0.1, -0.05) is 29.4 Å². The summed E-state index contributed by atoms with van der Waals surface area (Å²) in [5, 5.41) is 15.2. The molecule has 0 atom stereocenters. The van der Waals surface area contributed by atoms with Crippen LogP contribution in [0.2, 0.25) is 5.02 Å². The maximum absolute atomic E-state index is 12.9. The minimum Gasteiger partial charge on any atom is -0.368 e. The molecule has 2 amide bonds. The predicted molar refractivity (Wildman–Crippen MR) is 124 cm³/mol. The molecule has 166 valence electrons. The van der Waals surface area contributed by atoms with Crippen molar-refractivity contribution in [2.24, 2.45) is 7.05 Å². The molecule has 1 aromatic heterocycles. The molecule has 2 aromatic carbocycles. The Bertz CT molecular complexity index is 1100. The van der Waals surface area contributed by atoms with E-state index in [1.165, 1.54) is 16.4 Å². The summed E-state index contributed by atoms with van der Waals surface area (Å²) in [5.74, 6) is -0.000569. The molecular weight excluding hydrogens is 450 g/mol. The third-order valence-corrected chi connectivity index (χ3v) is 6.32. The van der Waals surface area contributed by atoms with Crippen LogP contribution >= 0.6 is 23.4 Å². The van der Waals surface area contributed by atoms with Crippen molar-refractivity contribution in [1.82, 2.24) is 25.1 Å². The molecule has 0 spiro atoms. The second-order valence-electron chi connectivity index (χ2n) is 7.26. The van der Waals surface area contributed by atoms with E-state index in [1.54, 1.807) is 31.3 Å². The number of nitrogens with zero attached hydrogens (tertiary/aromatic N) is 6. The molecule has 1 saturated heterocycles. The van der Waals surface area contributed by atoms with Crippen LogP contribution in [0.4, 0.5) is 11.4 Å². The van der Waals surface area contributed by atoms with E-state index in [0.29, 0.717) is 34.5 Å². The summed E-state index contributed by atoms with van der Waals surface area (Å²) in [6, 6.07) is 14.7. The first-order valence-corrected chi connectivity index (χ1v) is 11.4. The summed E-state index contributed by atoms with van der Waals surface area (Å²) in [7, 11) is 1.72. The average molecular weight is 472 g/mol. The fraction of sp³-hybridized carbons (Fsp3) is 0.286. The van der Waals surface area contributed by atoms with E-state index in [9.17, 15) is 9.59 Å². The Morgan fingerprint density at radius 1 is 1.09 bits per heavy atom. The van der Waals surface area contributed by atoms with Gasteiger partial charge in [-0.15, -0.1) is 5.10 Å². The van der Waals surface area contributed by atoms with Gasteiger partial charge in [0.1, 0.15) is 0 Å². The lowest BCUT2D eigenvalue weighted by Gasteiger charge is -2.36. The van der Waals surface area contributed by atoms with E-state index in [4.69, 9.17) is 11.6 Å². The van der Waals surface area contributed by atoms with Crippen molar-refractivity contribution in [2.45, 2.75) is 5.16 Å². The minimum atomic E-state index is -0.172. The third kappa shape index (κ3) is 5.38. The van der Waals surface area contributed by atoms with Gasteiger partial charge in [0.05, 0.1) is 5.75 Å². The Morgan fingerprint density at radius 2 is 1.84 bits per heavy atom. The minimum absolute atomic E-state index is 0.0149. The smallest absolute Gasteiger partial charge is 0.253 e. The number of thioether (sulfide) groups is 1. The molecular formula is C21H22ClN7O2S. The fourth-order valence-electron chi connectivity index (χ4n) is 3.39. The largest absolute Gasteiger partial charge is 0.368 e. The maximum Gasteiger partial charge on any atom is 0.253 e. The number of rotatable bonds is 6. The summed E-state index contributed by atoms with van der Waals surface area (Å²) in [4.78, 5) is 29.1. The topological polar surface area (TPSA) is 96.2 Å². The van der Waals surface area contributed by atoms with Crippen LogP contribution < -0.4 is 10.2 Å². The van der Waals surface area contributed by atoms with Gasteiger partial charge in [-0.25, -0.2) is 4.68 Å². The molecule has 32 heavy (non-hydrogen) atoms. The molecule has 2 heterocycles. The Labute approximate surface area is 194 Å². The first-order chi connectivity index (χ1) is 15.5. The van der Waals surface area contributed by atoms with E-state index in [-0.39, 0.29) is 17.6 Å². The van der Waals surface area contributed by atoms with Gasteiger partial charge in [0, 0.05) is 55.2 Å². The molecule has 0 saturated carbocycles. The lowest BCUT2D eigenvalue weighted by molar-refractivity contribution is -0.113. The molecule has 0 aliphatic carbocycles. The number of benzene rings is 2. The zero-order chi connectivity index (χ0) is 22.5. The van der Waals surface area contributed by atoms with Crippen molar-refractivity contribution in [3.63, 3.8) is 0 Å². The van der Waals surface area contributed by atoms with Gasteiger partial charge in [0.2, 0.25) is 11.1 Å². The molecule has 9 nitrogen and oxygen atoms in total. The highest BCUT2D eigenvalue weighted by Crippen LogP contribution is 2.22. The molecule has 4 rings (SSSR count). The van der Waals surface area contributed by atoms with Gasteiger partial charge in [0.25, 0.3) is 5.91 Å². The van der Waals surface area contributed by atoms with E-state index in [2.05, 4.69) is 25.7 Å². The molecule has 11 heteroatoms. The molecule has 0 unspecified atom stereocenters. The van der Waals surface area contributed by atoms with Gasteiger partial charge in [-0.05, 0) is 52.9 Å². The number of aryl methyl sites for hydroxylation is 1. The van der Waals surface area contributed by atoms with Gasteiger partial charge in [0.15, 0.2) is 0 Å². The van der Waals surface area contributed by atoms with Crippen LogP contribution in [0, 0.1) is 0 Å². The van der Waals surface area contributed by atoms with Crippen LogP contribution in [-0.4, -0.2) is 68.9 Å². The fourth-order valence-corrected chi connectivity index (χ4v) is 4.22. The van der Waals surface area contributed by atoms with Crippen LogP contribution in [0.5, 0.6) is 0 Å². The van der Waals surface area contributed by atoms with E-state index >= 15 is 0 Å². The van der Waals surface area contributed by atoms with Crippen LogP contribution in [0.3, 0.4) is 0 Å². The van der Waals surface area contributed by atoms with Gasteiger partial charge >= 0.3 is 0 Å². The Balaban J connectivity index is 1.27. The van der Waals surface area contributed by atoms with Crippen molar-refractivity contribution in [2.75, 3.05) is 42.1 Å². The molecule has 3 aromatic rings. The van der Waals surface area contributed by atoms with Crippen molar-refractivity contribution in [3.05, 3.63) is 59.1 Å². The lowest BCUT2D eigenvalue weighted by atomic mass is 10.1. The number of aromatic nitrogens is 4. The summed E-state index contributed by atoms with van der Waals surface area (Å²) in [5.41, 5.74) is 2.30. The molecule has 1 N–H and O–H groups in total. The highest BCUT2D eigenvalue weighted by Gasteiger charge is 2.22. The Morgan fingerprint density at radius 3 is 2.50 bits per heavy atom. The van der Waals surface area contributed by atoms with Crippen LogP contribution in [-0.2, 0) is 11.8 Å². The van der Waals surface area contributed by atoms with Gasteiger partial charge < -0.3 is 15.1 Å². The number of hydrogen-bond donors (Lipinski definition) is 1. The van der Waals surface area contributed by atoms with Crippen molar-refractivity contribution in [1.29, 1.82) is 0 Å². The van der Waals surface area contributed by atoms with Gasteiger partial charge in [-0.3, -0.25) is 9.59 Å². The van der Waals surface area contributed by atoms with Crippen molar-refractivity contribution < 1.29 is 9.59 Å². The highest BCUT2D eigenvalue weighted by atomic mass is 35.5.